The summed E-state index contributed by atoms with van der Waals surface area (Å²) < 4.78 is 84.7. The molecule has 9 heteroatoms. The van der Waals surface area contributed by atoms with Gasteiger partial charge in [0.1, 0.15) is 0 Å². The van der Waals surface area contributed by atoms with Crippen molar-refractivity contribution in [2.75, 3.05) is 0 Å². The van der Waals surface area contributed by atoms with Gasteiger partial charge in [-0.2, -0.15) is 0 Å². The van der Waals surface area contributed by atoms with Gasteiger partial charge in [-0.25, -0.2) is 0 Å². The van der Waals surface area contributed by atoms with E-state index in [2.05, 4.69) is 0 Å². The van der Waals surface area contributed by atoms with E-state index in [0.29, 0.717) is 0 Å². The van der Waals surface area contributed by atoms with Crippen molar-refractivity contribution in [3.8, 4) is 11.5 Å². The van der Waals surface area contributed by atoms with Crippen LogP contribution < -0.4 is 5.63 Å². The number of halogens is 6. The van der Waals surface area contributed by atoms with E-state index in [4.69, 9.17) is 5.63 Å². The van der Waals surface area contributed by atoms with E-state index in [1.165, 1.54) is 24.3 Å². The van der Waals surface area contributed by atoms with Gasteiger partial charge in [0.25, 0.3) is 0 Å². The molecule has 0 fully saturated rings. The number of rotatable bonds is 4. The van der Waals surface area contributed by atoms with Gasteiger partial charge in [0, 0.05) is 0 Å². The van der Waals surface area contributed by atoms with E-state index < -0.39 is 47.6 Å². The maximum atomic E-state index is 12.4. The van der Waals surface area contributed by atoms with Crippen LogP contribution in [0.1, 0.15) is 11.1 Å². The minimum absolute atomic E-state index is 0.219. The molecule has 0 aliphatic rings. The molecule has 2 nitrogen and oxygen atoms in total. The zero-order chi connectivity index (χ0) is 17.1. The summed E-state index contributed by atoms with van der Waals surface area (Å²) in [7, 11) is 0. The number of benzene rings is 2. The van der Waals surface area contributed by atoms with E-state index in [1.807, 2.05) is 0 Å². The molecule has 2 aromatic rings. The first-order valence-corrected chi connectivity index (χ1v) is 8.10. The molecule has 2 rings (SSSR count). The fourth-order valence-electron chi connectivity index (χ4n) is 1.54. The number of hydrogen-bond acceptors (Lipinski definition) is 2. The Bertz CT molecular complexity index is 577. The van der Waals surface area contributed by atoms with Crippen LogP contribution >= 0.6 is 0 Å². The van der Waals surface area contributed by atoms with Crippen molar-refractivity contribution < 1.29 is 56.1 Å². The van der Waals surface area contributed by atoms with Crippen molar-refractivity contribution >= 4 is 0 Å². The van der Waals surface area contributed by atoms with Gasteiger partial charge in [-0.15, -0.1) is 0 Å². The van der Waals surface area contributed by atoms with Gasteiger partial charge in [0.2, 0.25) is 0 Å². The summed E-state index contributed by atoms with van der Waals surface area (Å²) in [5.74, 6) is 0.438. The van der Waals surface area contributed by atoms with E-state index in [0.717, 1.165) is 24.3 Å². The molecule has 0 heterocycles. The van der Waals surface area contributed by atoms with Crippen LogP contribution in [0.3, 0.4) is 0 Å². The Kier molecular flexibility index (Phi) is 5.39. The molecule has 0 aliphatic heterocycles. The van der Waals surface area contributed by atoms with Crippen LogP contribution in [-0.4, -0.2) is 0 Å². The monoisotopic (exact) mass is 412 g/mol. The quantitative estimate of drug-likeness (QED) is 0.650. The first-order valence-electron chi connectivity index (χ1n) is 6.09. The first-order chi connectivity index (χ1) is 10.7. The second-order valence-corrected chi connectivity index (χ2v) is 5.74. The van der Waals surface area contributed by atoms with Crippen molar-refractivity contribution in [2.45, 2.75) is 12.4 Å². The van der Waals surface area contributed by atoms with Gasteiger partial charge in [-0.3, -0.25) is 0 Å². The molecular formula is C14H8F6O2Zr. The Labute approximate surface area is 139 Å². The first kappa shape index (κ1) is 17.9. The summed E-state index contributed by atoms with van der Waals surface area (Å²) in [4.78, 5) is 0. The Morgan fingerprint density at radius 2 is 0.870 bits per heavy atom. The zero-order valence-corrected chi connectivity index (χ0v) is 13.7. The molecule has 0 spiro atoms. The van der Waals surface area contributed by atoms with Crippen molar-refractivity contribution in [1.82, 2.24) is 0 Å². The Hall–Kier alpha value is -1.50. The third-order valence-electron chi connectivity index (χ3n) is 2.68. The number of hydrogen-bond donors (Lipinski definition) is 0. The van der Waals surface area contributed by atoms with Gasteiger partial charge >= 0.3 is 140 Å². The second kappa shape index (κ2) is 6.95. The fourth-order valence-corrected chi connectivity index (χ4v) is 2.79. The fraction of sp³-hybridized carbons (Fsp3) is 0.143. The Morgan fingerprint density at radius 1 is 0.565 bits per heavy atom. The van der Waals surface area contributed by atoms with Gasteiger partial charge in [0.05, 0.1) is 0 Å². The van der Waals surface area contributed by atoms with Gasteiger partial charge < -0.3 is 0 Å². The summed E-state index contributed by atoms with van der Waals surface area (Å²) in [6, 6.07) is 8.19. The van der Waals surface area contributed by atoms with Crippen LogP contribution in [0.5, 0.6) is 11.5 Å². The molecular weight excluding hydrogens is 405 g/mol. The Morgan fingerprint density at radius 3 is 1.13 bits per heavy atom. The minimum atomic E-state index is -4.42. The van der Waals surface area contributed by atoms with Crippen LogP contribution in [0.2, 0.25) is 0 Å². The van der Waals surface area contributed by atoms with Crippen molar-refractivity contribution in [1.29, 1.82) is 0 Å². The van der Waals surface area contributed by atoms with Crippen LogP contribution in [-0.2, 0) is 36.5 Å². The van der Waals surface area contributed by atoms with Crippen LogP contribution in [0.15, 0.2) is 48.5 Å². The zero-order valence-electron chi connectivity index (χ0n) is 11.2. The molecule has 0 saturated carbocycles. The standard InChI is InChI=1S/2C7H5F3O.Zr/c2*8-7(9,10)5-1-3-6(11)4-2-5;/h2*1-4,11H;/q;;+2/p-2. The predicted octanol–water partition coefficient (Wildman–Crippen LogP) is 5.09. The van der Waals surface area contributed by atoms with E-state index in [1.54, 1.807) is 0 Å². The molecule has 23 heavy (non-hydrogen) atoms. The van der Waals surface area contributed by atoms with Gasteiger partial charge in [0.15, 0.2) is 0 Å². The molecule has 0 saturated heterocycles. The molecule has 0 N–H and O–H groups in total. The molecule has 122 valence electrons. The summed E-state index contributed by atoms with van der Waals surface area (Å²) in [5, 5.41) is 0. The summed E-state index contributed by atoms with van der Waals surface area (Å²) >= 11 is -1.93. The molecule has 2 aromatic carbocycles. The molecule has 0 aromatic heterocycles. The molecule has 0 atom stereocenters. The SMILES string of the molecule is FC(F)(F)c1ccc([O][Zr][O]c2ccc(C(F)(F)F)cc2)cc1. The van der Waals surface area contributed by atoms with Crippen molar-refractivity contribution in [3.05, 3.63) is 59.7 Å². The third kappa shape index (κ3) is 5.27. The van der Waals surface area contributed by atoms with Crippen molar-refractivity contribution in [3.63, 3.8) is 0 Å². The van der Waals surface area contributed by atoms with Crippen LogP contribution in [0.25, 0.3) is 0 Å². The molecule has 0 bridgehead atoms. The van der Waals surface area contributed by atoms with E-state index in [9.17, 15) is 26.3 Å². The summed E-state index contributed by atoms with van der Waals surface area (Å²) in [6.45, 7) is 0. The Balaban J connectivity index is 1.87. The van der Waals surface area contributed by atoms with E-state index in [-0.39, 0.29) is 11.5 Å². The number of alkyl halides is 6. The van der Waals surface area contributed by atoms with Crippen LogP contribution in [0, 0.1) is 0 Å². The summed E-state index contributed by atoms with van der Waals surface area (Å²) in [5.41, 5.74) is -1.59. The second-order valence-electron chi connectivity index (χ2n) is 4.33. The topological polar surface area (TPSA) is 18.5 Å². The predicted molar refractivity (Wildman–Crippen MR) is 64.1 cm³/mol. The van der Waals surface area contributed by atoms with Crippen molar-refractivity contribution in [2.24, 2.45) is 0 Å². The summed E-state index contributed by atoms with van der Waals surface area (Å²) in [6.07, 6.45) is -8.84. The van der Waals surface area contributed by atoms with Gasteiger partial charge in [-0.05, 0) is 0 Å². The third-order valence-corrected chi connectivity index (χ3v) is 4.25. The average Bonchev–Trinajstić information content (AvgIpc) is 2.46. The van der Waals surface area contributed by atoms with Gasteiger partial charge in [-0.1, -0.05) is 0 Å². The molecule has 0 amide bonds. The molecule has 0 aliphatic carbocycles. The molecule has 0 radical (unpaired) electrons. The average molecular weight is 413 g/mol. The van der Waals surface area contributed by atoms with Crippen LogP contribution in [0.4, 0.5) is 26.3 Å². The normalized spacial score (nSPS) is 11.9. The maximum absolute atomic E-state index is 12.4. The molecule has 0 unspecified atom stereocenters. The van der Waals surface area contributed by atoms with E-state index >= 15 is 0 Å².